The maximum Gasteiger partial charge on any atom is 0.281 e. The lowest BCUT2D eigenvalue weighted by Crippen LogP contribution is -2.52. The van der Waals surface area contributed by atoms with Crippen LogP contribution >= 0.6 is 0 Å². The largest absolute Gasteiger partial charge is 0.299 e. The first-order valence-electron chi connectivity index (χ1n) is 9.46. The molecule has 0 amide bonds. The van der Waals surface area contributed by atoms with Crippen molar-refractivity contribution in [2.75, 3.05) is 33.2 Å². The summed E-state index contributed by atoms with van der Waals surface area (Å²) in [5.41, 5.74) is 1.32. The fourth-order valence-electron chi connectivity index (χ4n) is 4.01. The molecule has 3 rings (SSSR count). The molecule has 140 valence electrons. The van der Waals surface area contributed by atoms with E-state index in [0.717, 1.165) is 45.3 Å². The molecule has 2 aliphatic rings. The predicted molar refractivity (Wildman–Crippen MR) is 101 cm³/mol. The molecule has 1 aromatic carbocycles. The van der Waals surface area contributed by atoms with Crippen LogP contribution in [-0.2, 0) is 16.8 Å². The average Bonchev–Trinajstić information content (AvgIpc) is 2.62. The van der Waals surface area contributed by atoms with E-state index in [1.165, 1.54) is 5.56 Å². The van der Waals surface area contributed by atoms with Crippen LogP contribution in [0.1, 0.15) is 38.2 Å². The van der Waals surface area contributed by atoms with Gasteiger partial charge in [0.2, 0.25) is 0 Å². The van der Waals surface area contributed by atoms with E-state index < -0.39 is 10.2 Å². The molecule has 1 aromatic rings. The van der Waals surface area contributed by atoms with Gasteiger partial charge in [0, 0.05) is 45.8 Å². The fourth-order valence-corrected chi connectivity index (χ4v) is 5.76. The van der Waals surface area contributed by atoms with E-state index in [9.17, 15) is 8.42 Å². The van der Waals surface area contributed by atoms with Crippen molar-refractivity contribution < 1.29 is 8.42 Å². The maximum atomic E-state index is 12.9. The van der Waals surface area contributed by atoms with Crippen LogP contribution in [0.3, 0.4) is 0 Å². The monoisotopic (exact) mass is 365 g/mol. The second-order valence-corrected chi connectivity index (χ2v) is 9.61. The van der Waals surface area contributed by atoms with Gasteiger partial charge in [0.15, 0.2) is 0 Å². The lowest BCUT2D eigenvalue weighted by molar-refractivity contribution is 0.156. The lowest BCUT2D eigenvalue weighted by Gasteiger charge is -2.39. The molecule has 2 aliphatic heterocycles. The Balaban J connectivity index is 1.54. The molecule has 6 heteroatoms. The van der Waals surface area contributed by atoms with Crippen molar-refractivity contribution in [1.82, 2.24) is 13.5 Å². The molecule has 0 radical (unpaired) electrons. The molecule has 5 nitrogen and oxygen atoms in total. The standard InChI is InChI=1S/C19H31N3O2S/c1-17-7-6-12-22(15-17)25(23,24)20(2)19-10-13-21(14-11-19)16-18-8-4-3-5-9-18/h3-5,8-9,17,19H,6-7,10-16H2,1-2H3/t17-/m1/s1. The minimum atomic E-state index is -3.32. The van der Waals surface area contributed by atoms with Gasteiger partial charge in [-0.1, -0.05) is 37.3 Å². The highest BCUT2D eigenvalue weighted by molar-refractivity contribution is 7.86. The molecule has 0 saturated carbocycles. The van der Waals surface area contributed by atoms with Gasteiger partial charge in [0.1, 0.15) is 0 Å². The molecule has 0 aromatic heterocycles. The van der Waals surface area contributed by atoms with Crippen LogP contribution in [0.15, 0.2) is 30.3 Å². The van der Waals surface area contributed by atoms with E-state index in [-0.39, 0.29) is 6.04 Å². The van der Waals surface area contributed by atoms with Crippen LogP contribution in [0.4, 0.5) is 0 Å². The van der Waals surface area contributed by atoms with E-state index in [2.05, 4.69) is 36.1 Å². The number of hydrogen-bond donors (Lipinski definition) is 0. The van der Waals surface area contributed by atoms with Crippen LogP contribution in [0.2, 0.25) is 0 Å². The van der Waals surface area contributed by atoms with Gasteiger partial charge in [-0.05, 0) is 37.2 Å². The summed E-state index contributed by atoms with van der Waals surface area (Å²) in [7, 11) is -1.55. The third-order valence-corrected chi connectivity index (χ3v) is 7.64. The van der Waals surface area contributed by atoms with Crippen molar-refractivity contribution in [2.24, 2.45) is 5.92 Å². The lowest BCUT2D eigenvalue weighted by atomic mass is 10.0. The van der Waals surface area contributed by atoms with Gasteiger partial charge in [-0.25, -0.2) is 0 Å². The van der Waals surface area contributed by atoms with E-state index in [1.54, 1.807) is 15.7 Å². The summed E-state index contributed by atoms with van der Waals surface area (Å²) in [4.78, 5) is 2.43. The predicted octanol–water partition coefficient (Wildman–Crippen LogP) is 2.56. The van der Waals surface area contributed by atoms with Crippen molar-refractivity contribution in [3.8, 4) is 0 Å². The maximum absolute atomic E-state index is 12.9. The molecule has 1 atom stereocenters. The Morgan fingerprint density at radius 2 is 1.76 bits per heavy atom. The first-order chi connectivity index (χ1) is 12.0. The second kappa shape index (κ2) is 8.16. The second-order valence-electron chi connectivity index (χ2n) is 7.62. The van der Waals surface area contributed by atoms with E-state index in [4.69, 9.17) is 0 Å². The molecule has 2 saturated heterocycles. The minimum Gasteiger partial charge on any atom is -0.299 e. The zero-order valence-electron chi connectivity index (χ0n) is 15.5. The normalized spacial score (nSPS) is 24.7. The highest BCUT2D eigenvalue weighted by Gasteiger charge is 2.35. The number of likely N-dealkylation sites (tertiary alicyclic amines) is 1. The van der Waals surface area contributed by atoms with Gasteiger partial charge in [-0.3, -0.25) is 4.90 Å². The summed E-state index contributed by atoms with van der Waals surface area (Å²) in [5, 5.41) is 0. The topological polar surface area (TPSA) is 43.9 Å². The summed E-state index contributed by atoms with van der Waals surface area (Å²) in [6.45, 7) is 6.34. The zero-order valence-corrected chi connectivity index (χ0v) is 16.3. The van der Waals surface area contributed by atoms with Gasteiger partial charge in [0.05, 0.1) is 0 Å². The highest BCUT2D eigenvalue weighted by atomic mass is 32.2. The van der Waals surface area contributed by atoms with Crippen molar-refractivity contribution in [1.29, 1.82) is 0 Å². The Hall–Kier alpha value is -0.950. The first kappa shape index (κ1) is 18.8. The summed E-state index contributed by atoms with van der Waals surface area (Å²) >= 11 is 0. The molecule has 0 spiro atoms. The summed E-state index contributed by atoms with van der Waals surface area (Å²) < 4.78 is 29.2. The Bertz CT molecular complexity index is 642. The number of nitrogens with zero attached hydrogens (tertiary/aromatic N) is 3. The number of rotatable bonds is 5. The molecule has 0 unspecified atom stereocenters. The van der Waals surface area contributed by atoms with Gasteiger partial charge in [0.25, 0.3) is 10.2 Å². The fraction of sp³-hybridized carbons (Fsp3) is 0.684. The SMILES string of the molecule is C[C@@H]1CCCN(S(=O)(=O)N(C)C2CCN(Cc3ccccc3)CC2)C1. The van der Waals surface area contributed by atoms with Gasteiger partial charge < -0.3 is 0 Å². The van der Waals surface area contributed by atoms with Gasteiger partial charge in [-0.15, -0.1) is 0 Å². The number of hydrogen-bond acceptors (Lipinski definition) is 3. The van der Waals surface area contributed by atoms with Crippen molar-refractivity contribution in [3.05, 3.63) is 35.9 Å². The molecule has 25 heavy (non-hydrogen) atoms. The third kappa shape index (κ3) is 4.61. The summed E-state index contributed by atoms with van der Waals surface area (Å²) in [5.74, 6) is 0.463. The van der Waals surface area contributed by atoms with E-state index in [0.29, 0.717) is 19.0 Å². The molecule has 0 N–H and O–H groups in total. The quantitative estimate of drug-likeness (QED) is 0.805. The summed E-state index contributed by atoms with van der Waals surface area (Å²) in [6.07, 6.45) is 3.93. The Morgan fingerprint density at radius 1 is 1.08 bits per heavy atom. The Labute approximate surface area is 152 Å². The average molecular weight is 366 g/mol. The van der Waals surface area contributed by atoms with E-state index >= 15 is 0 Å². The Kier molecular flexibility index (Phi) is 6.15. The number of benzene rings is 1. The van der Waals surface area contributed by atoms with Crippen LogP contribution in [0, 0.1) is 5.92 Å². The van der Waals surface area contributed by atoms with Crippen LogP contribution in [0.5, 0.6) is 0 Å². The molecular weight excluding hydrogens is 334 g/mol. The van der Waals surface area contributed by atoms with Crippen molar-refractivity contribution in [3.63, 3.8) is 0 Å². The summed E-state index contributed by atoms with van der Waals surface area (Å²) in [6, 6.07) is 10.6. The van der Waals surface area contributed by atoms with Crippen LogP contribution in [0.25, 0.3) is 0 Å². The van der Waals surface area contributed by atoms with E-state index in [1.807, 2.05) is 6.07 Å². The smallest absolute Gasteiger partial charge is 0.281 e. The van der Waals surface area contributed by atoms with Crippen molar-refractivity contribution >= 4 is 10.2 Å². The molecular formula is C19H31N3O2S. The zero-order chi connectivity index (χ0) is 17.9. The third-order valence-electron chi connectivity index (χ3n) is 5.63. The first-order valence-corrected chi connectivity index (χ1v) is 10.9. The van der Waals surface area contributed by atoms with Crippen LogP contribution in [-0.4, -0.2) is 61.2 Å². The van der Waals surface area contributed by atoms with Gasteiger partial charge >= 0.3 is 0 Å². The molecule has 2 heterocycles. The Morgan fingerprint density at radius 3 is 2.40 bits per heavy atom. The van der Waals surface area contributed by atoms with Gasteiger partial charge in [-0.2, -0.15) is 17.0 Å². The molecule has 0 aliphatic carbocycles. The van der Waals surface area contributed by atoms with Crippen molar-refractivity contribution in [2.45, 2.75) is 45.2 Å². The minimum absolute atomic E-state index is 0.120. The molecule has 0 bridgehead atoms. The number of piperidine rings is 2. The highest BCUT2D eigenvalue weighted by Crippen LogP contribution is 2.24. The van der Waals surface area contributed by atoms with Crippen LogP contribution < -0.4 is 0 Å². The molecule has 2 fully saturated rings.